The molecule has 0 radical (unpaired) electrons. The van der Waals surface area contributed by atoms with Gasteiger partial charge in [-0.15, -0.1) is 0 Å². The Hall–Kier alpha value is -4.21. The molecule has 0 unspecified atom stereocenters. The summed E-state index contributed by atoms with van der Waals surface area (Å²) in [5.41, 5.74) is 3.90. The molecule has 0 aliphatic rings. The first-order valence-corrected chi connectivity index (χ1v) is 12.4. The van der Waals surface area contributed by atoms with E-state index in [1.807, 2.05) is 36.4 Å². The largest absolute Gasteiger partial charge is 0.507 e. The van der Waals surface area contributed by atoms with E-state index in [0.717, 1.165) is 16.9 Å². The summed E-state index contributed by atoms with van der Waals surface area (Å²) in [7, 11) is 0. The van der Waals surface area contributed by atoms with Crippen LogP contribution in [0.5, 0.6) is 11.5 Å². The monoisotopic (exact) mass is 573 g/mol. The summed E-state index contributed by atoms with van der Waals surface area (Å²) < 4.78 is 12.1. The molecule has 0 aliphatic heterocycles. The van der Waals surface area contributed by atoms with Gasteiger partial charge in [0, 0.05) is 16.8 Å². The van der Waals surface area contributed by atoms with Gasteiger partial charge in [0.25, 0.3) is 5.91 Å². The van der Waals surface area contributed by atoms with Gasteiger partial charge in [0.05, 0.1) is 4.47 Å². The van der Waals surface area contributed by atoms with Crippen LogP contribution in [0.4, 0.5) is 5.69 Å². The zero-order valence-electron chi connectivity index (χ0n) is 19.3. The third-order valence-corrected chi connectivity index (χ3v) is 6.24. The zero-order chi connectivity index (χ0) is 25.8. The summed E-state index contributed by atoms with van der Waals surface area (Å²) in [5, 5.41) is 15.6. The van der Waals surface area contributed by atoms with Gasteiger partial charge < -0.3 is 19.6 Å². The van der Waals surface area contributed by atoms with Gasteiger partial charge in [-0.1, -0.05) is 30.3 Å². The van der Waals surface area contributed by atoms with E-state index in [9.17, 15) is 9.90 Å². The SMILES string of the molecule is O=C(NC(=S)Nc1ccc2oc(-c3ccc(O)c(Br)c3)nc2c1)c1cccc(COc2ccccc2)c1. The molecule has 0 spiro atoms. The molecule has 4 aromatic carbocycles. The number of thiocarbonyl (C=S) groups is 1. The number of phenols is 1. The maximum Gasteiger partial charge on any atom is 0.257 e. The van der Waals surface area contributed by atoms with Crippen LogP contribution in [-0.4, -0.2) is 21.1 Å². The molecular formula is C28H20BrN3O4S. The van der Waals surface area contributed by atoms with Crippen LogP contribution in [0.25, 0.3) is 22.6 Å². The van der Waals surface area contributed by atoms with Crippen molar-refractivity contribution in [2.45, 2.75) is 6.61 Å². The topological polar surface area (TPSA) is 96.6 Å². The van der Waals surface area contributed by atoms with E-state index in [-0.39, 0.29) is 16.8 Å². The van der Waals surface area contributed by atoms with Gasteiger partial charge in [0.2, 0.25) is 5.89 Å². The number of phenolic OH excluding ortho intramolecular Hbond substituents is 1. The van der Waals surface area contributed by atoms with Crippen molar-refractivity contribution in [3.8, 4) is 23.0 Å². The maximum atomic E-state index is 12.8. The normalized spacial score (nSPS) is 10.7. The van der Waals surface area contributed by atoms with Crippen LogP contribution in [0.2, 0.25) is 0 Å². The molecule has 0 atom stereocenters. The predicted octanol–water partition coefficient (Wildman–Crippen LogP) is 6.67. The Labute approximate surface area is 226 Å². The van der Waals surface area contributed by atoms with E-state index >= 15 is 0 Å². The van der Waals surface area contributed by atoms with Crippen molar-refractivity contribution in [3.63, 3.8) is 0 Å². The van der Waals surface area contributed by atoms with Crippen LogP contribution in [0.1, 0.15) is 15.9 Å². The van der Waals surface area contributed by atoms with Crippen molar-refractivity contribution < 1.29 is 19.1 Å². The molecule has 0 aliphatic carbocycles. The standard InChI is InChI=1S/C28H20BrN3O4S/c29-22-14-19(9-11-24(22)33)27-31-23-15-20(10-12-25(23)36-27)30-28(37)32-26(34)18-6-4-5-17(13-18)16-35-21-7-2-1-3-8-21/h1-15,33H,16H2,(H2,30,32,34,37). The van der Waals surface area contributed by atoms with Crippen LogP contribution in [-0.2, 0) is 6.61 Å². The molecule has 1 aromatic heterocycles. The van der Waals surface area contributed by atoms with Gasteiger partial charge in [-0.3, -0.25) is 10.1 Å². The highest BCUT2D eigenvalue weighted by Gasteiger charge is 2.13. The lowest BCUT2D eigenvalue weighted by atomic mass is 10.1. The summed E-state index contributed by atoms with van der Waals surface area (Å²) >= 11 is 8.65. The number of amides is 1. The lowest BCUT2D eigenvalue weighted by Gasteiger charge is -2.11. The number of halogens is 1. The van der Waals surface area contributed by atoms with Gasteiger partial charge >= 0.3 is 0 Å². The summed E-state index contributed by atoms with van der Waals surface area (Å²) in [4.78, 5) is 17.3. The number of para-hydroxylation sites is 1. The number of nitrogens with one attached hydrogen (secondary N) is 2. The van der Waals surface area contributed by atoms with E-state index in [1.165, 1.54) is 0 Å². The molecule has 37 heavy (non-hydrogen) atoms. The van der Waals surface area contributed by atoms with Gasteiger partial charge in [0.1, 0.15) is 23.6 Å². The smallest absolute Gasteiger partial charge is 0.257 e. The number of aromatic hydroxyl groups is 1. The summed E-state index contributed by atoms with van der Waals surface area (Å²) in [5.74, 6) is 0.977. The summed E-state index contributed by atoms with van der Waals surface area (Å²) in [6, 6.07) is 27.0. The number of hydrogen-bond donors (Lipinski definition) is 3. The van der Waals surface area contributed by atoms with E-state index in [1.54, 1.807) is 54.6 Å². The fourth-order valence-corrected chi connectivity index (χ4v) is 4.18. The van der Waals surface area contributed by atoms with E-state index in [0.29, 0.717) is 39.3 Å². The average molecular weight is 574 g/mol. The van der Waals surface area contributed by atoms with Crippen molar-refractivity contribution in [2.75, 3.05) is 5.32 Å². The summed E-state index contributed by atoms with van der Waals surface area (Å²) in [6.07, 6.45) is 0. The van der Waals surface area contributed by atoms with Crippen LogP contribution in [0, 0.1) is 0 Å². The number of anilines is 1. The number of benzene rings is 4. The Kier molecular flexibility index (Phi) is 7.16. The molecule has 0 saturated carbocycles. The first kappa shape index (κ1) is 24.5. The Morgan fingerprint density at radius 2 is 1.84 bits per heavy atom. The minimum absolute atomic E-state index is 0.133. The zero-order valence-corrected chi connectivity index (χ0v) is 21.7. The third-order valence-electron chi connectivity index (χ3n) is 5.41. The molecule has 9 heteroatoms. The number of oxazole rings is 1. The fourth-order valence-electron chi connectivity index (χ4n) is 3.59. The highest BCUT2D eigenvalue weighted by atomic mass is 79.9. The predicted molar refractivity (Wildman–Crippen MR) is 150 cm³/mol. The van der Waals surface area contributed by atoms with Gasteiger partial charge in [-0.05, 0) is 94.4 Å². The van der Waals surface area contributed by atoms with Crippen LogP contribution in [0.15, 0.2) is 99.9 Å². The summed E-state index contributed by atoms with van der Waals surface area (Å²) in [6.45, 7) is 0.342. The molecule has 5 rings (SSSR count). The number of carbonyl (C=O) groups excluding carboxylic acids is 1. The highest BCUT2D eigenvalue weighted by molar-refractivity contribution is 9.10. The van der Waals surface area contributed by atoms with E-state index < -0.39 is 0 Å². The molecule has 0 saturated heterocycles. The Bertz CT molecular complexity index is 1600. The molecule has 1 heterocycles. The number of rotatable bonds is 6. The van der Waals surface area contributed by atoms with E-state index in [2.05, 4.69) is 31.5 Å². The number of ether oxygens (including phenoxy) is 1. The number of hydrogen-bond acceptors (Lipinski definition) is 6. The van der Waals surface area contributed by atoms with Crippen LogP contribution < -0.4 is 15.4 Å². The number of nitrogens with zero attached hydrogens (tertiary/aromatic N) is 1. The minimum atomic E-state index is -0.332. The quantitative estimate of drug-likeness (QED) is 0.195. The van der Waals surface area contributed by atoms with Gasteiger partial charge in [0.15, 0.2) is 10.7 Å². The van der Waals surface area contributed by atoms with Crippen LogP contribution in [0.3, 0.4) is 0 Å². The molecule has 184 valence electrons. The second-order valence-corrected chi connectivity index (χ2v) is 9.34. The average Bonchev–Trinajstić information content (AvgIpc) is 3.33. The van der Waals surface area contributed by atoms with Crippen molar-refractivity contribution in [3.05, 3.63) is 107 Å². The molecule has 0 bridgehead atoms. The number of aromatic nitrogens is 1. The fraction of sp³-hybridized carbons (Fsp3) is 0.0357. The second kappa shape index (κ2) is 10.8. The third kappa shape index (κ3) is 5.96. The molecule has 0 fully saturated rings. The first-order valence-electron chi connectivity index (χ1n) is 11.2. The Morgan fingerprint density at radius 3 is 2.65 bits per heavy atom. The maximum absolute atomic E-state index is 12.8. The van der Waals surface area contributed by atoms with E-state index in [4.69, 9.17) is 21.4 Å². The minimum Gasteiger partial charge on any atom is -0.507 e. The lowest BCUT2D eigenvalue weighted by molar-refractivity contribution is 0.0977. The van der Waals surface area contributed by atoms with Crippen molar-refractivity contribution in [2.24, 2.45) is 0 Å². The molecule has 3 N–H and O–H groups in total. The molecular weight excluding hydrogens is 554 g/mol. The first-order chi connectivity index (χ1) is 17.9. The molecule has 5 aromatic rings. The van der Waals surface area contributed by atoms with Crippen LogP contribution >= 0.6 is 28.1 Å². The van der Waals surface area contributed by atoms with Gasteiger partial charge in [-0.2, -0.15) is 0 Å². The number of carbonyl (C=O) groups is 1. The lowest BCUT2D eigenvalue weighted by Crippen LogP contribution is -2.34. The Morgan fingerprint density at radius 1 is 1.00 bits per heavy atom. The van der Waals surface area contributed by atoms with Crippen molar-refractivity contribution in [1.29, 1.82) is 0 Å². The van der Waals surface area contributed by atoms with Gasteiger partial charge in [-0.25, -0.2) is 4.98 Å². The molecule has 1 amide bonds. The highest BCUT2D eigenvalue weighted by Crippen LogP contribution is 2.31. The number of fused-ring (bicyclic) bond motifs is 1. The van der Waals surface area contributed by atoms with Crippen molar-refractivity contribution in [1.82, 2.24) is 10.3 Å². The van der Waals surface area contributed by atoms with Crippen molar-refractivity contribution >= 4 is 56.0 Å². The Balaban J connectivity index is 1.22. The second-order valence-electron chi connectivity index (χ2n) is 8.08. The molecule has 7 nitrogen and oxygen atoms in total.